The number of hydrogen-bond acceptors (Lipinski definition) is 2. The first-order valence-corrected chi connectivity index (χ1v) is 6.92. The van der Waals surface area contributed by atoms with E-state index in [2.05, 4.69) is 17.4 Å². The van der Waals surface area contributed by atoms with Crippen molar-refractivity contribution in [3.63, 3.8) is 0 Å². The van der Waals surface area contributed by atoms with Gasteiger partial charge in [0.25, 0.3) is 0 Å². The number of Topliss-reactive ketones (excluding diaryl/α,β-unsaturated/α-hetero) is 1. The lowest BCUT2D eigenvalue weighted by Gasteiger charge is -2.24. The fraction of sp³-hybridized carbons (Fsp3) is 0.235. The van der Waals surface area contributed by atoms with Crippen molar-refractivity contribution in [2.75, 3.05) is 5.32 Å². The molecule has 2 nitrogen and oxygen atoms in total. The summed E-state index contributed by atoms with van der Waals surface area (Å²) in [5.74, 6) is -0.0119. The van der Waals surface area contributed by atoms with Crippen LogP contribution in [0.2, 0.25) is 0 Å². The lowest BCUT2D eigenvalue weighted by molar-refractivity contribution is 0.0966. The smallest absolute Gasteiger partial charge is 0.163 e. The minimum absolute atomic E-state index is 0.0625. The van der Waals surface area contributed by atoms with Crippen LogP contribution in [-0.4, -0.2) is 5.78 Å². The molecule has 1 aliphatic heterocycles. The lowest BCUT2D eigenvalue weighted by Crippen LogP contribution is -2.18. The standard InChI is InChI=1S/C17H14FNO/c18-11-8-13-15(20)7-6-12-16(13)14(9-11)19-17(12)10-4-2-1-3-5-10/h1-5,8-9,12,17,19H,6-7H2. The molecule has 0 spiro atoms. The van der Waals surface area contributed by atoms with Crippen LogP contribution >= 0.6 is 0 Å². The molecular formula is C17H14FNO. The van der Waals surface area contributed by atoms with Crippen molar-refractivity contribution in [1.82, 2.24) is 0 Å². The fourth-order valence-electron chi connectivity index (χ4n) is 3.51. The molecule has 0 amide bonds. The van der Waals surface area contributed by atoms with Gasteiger partial charge in [0.15, 0.2) is 5.78 Å². The van der Waals surface area contributed by atoms with Crippen LogP contribution in [0, 0.1) is 5.82 Å². The molecule has 100 valence electrons. The first-order chi connectivity index (χ1) is 9.74. The number of carbonyl (C=O) groups excluding carboxylic acids is 1. The van der Waals surface area contributed by atoms with E-state index in [0.29, 0.717) is 12.0 Å². The zero-order chi connectivity index (χ0) is 13.7. The molecule has 0 bridgehead atoms. The minimum Gasteiger partial charge on any atom is -0.377 e. The van der Waals surface area contributed by atoms with Crippen molar-refractivity contribution in [2.45, 2.75) is 24.8 Å². The maximum atomic E-state index is 13.7. The Hall–Kier alpha value is -2.16. The van der Waals surface area contributed by atoms with Gasteiger partial charge in [0.05, 0.1) is 6.04 Å². The molecule has 2 atom stereocenters. The summed E-state index contributed by atoms with van der Waals surface area (Å²) in [6.07, 6.45) is 1.34. The number of benzene rings is 2. The summed E-state index contributed by atoms with van der Waals surface area (Å²) in [5, 5.41) is 3.40. The number of rotatable bonds is 1. The van der Waals surface area contributed by atoms with Gasteiger partial charge in [0.2, 0.25) is 0 Å². The van der Waals surface area contributed by atoms with Crippen LogP contribution in [0.15, 0.2) is 42.5 Å². The van der Waals surface area contributed by atoms with Crippen molar-refractivity contribution >= 4 is 11.5 Å². The van der Waals surface area contributed by atoms with Gasteiger partial charge in [-0.25, -0.2) is 4.39 Å². The van der Waals surface area contributed by atoms with Gasteiger partial charge in [-0.2, -0.15) is 0 Å². The minimum atomic E-state index is -0.339. The lowest BCUT2D eigenvalue weighted by atomic mass is 9.78. The van der Waals surface area contributed by atoms with E-state index in [0.717, 1.165) is 17.7 Å². The largest absolute Gasteiger partial charge is 0.377 e. The third-order valence-electron chi connectivity index (χ3n) is 4.37. The maximum Gasteiger partial charge on any atom is 0.163 e. The second-order valence-corrected chi connectivity index (χ2v) is 5.52. The normalized spacial score (nSPS) is 23.4. The summed E-state index contributed by atoms with van der Waals surface area (Å²) in [4.78, 5) is 12.0. The Bertz CT molecular complexity index is 696. The molecule has 1 heterocycles. The molecule has 1 N–H and O–H groups in total. The summed E-state index contributed by atoms with van der Waals surface area (Å²) in [7, 11) is 0. The van der Waals surface area contributed by atoms with Gasteiger partial charge in [-0.1, -0.05) is 30.3 Å². The summed E-state index contributed by atoms with van der Waals surface area (Å²) in [6.45, 7) is 0. The first-order valence-electron chi connectivity index (χ1n) is 6.92. The molecule has 0 saturated carbocycles. The Labute approximate surface area is 116 Å². The van der Waals surface area contributed by atoms with E-state index in [-0.39, 0.29) is 23.6 Å². The molecule has 2 aliphatic rings. The Kier molecular flexibility index (Phi) is 2.43. The topological polar surface area (TPSA) is 29.1 Å². The van der Waals surface area contributed by atoms with Crippen LogP contribution in [0.5, 0.6) is 0 Å². The van der Waals surface area contributed by atoms with Crippen molar-refractivity contribution in [3.05, 3.63) is 65.0 Å². The molecule has 2 unspecified atom stereocenters. The molecule has 20 heavy (non-hydrogen) atoms. The molecule has 0 radical (unpaired) electrons. The number of carbonyl (C=O) groups is 1. The average Bonchev–Trinajstić information content (AvgIpc) is 2.83. The molecule has 2 aromatic carbocycles. The van der Waals surface area contributed by atoms with Gasteiger partial charge in [-0.3, -0.25) is 4.79 Å². The molecular weight excluding hydrogens is 253 g/mol. The van der Waals surface area contributed by atoms with Crippen molar-refractivity contribution in [1.29, 1.82) is 0 Å². The predicted molar refractivity (Wildman–Crippen MR) is 75.5 cm³/mol. The molecule has 0 saturated heterocycles. The molecule has 4 rings (SSSR count). The van der Waals surface area contributed by atoms with E-state index in [1.165, 1.54) is 17.7 Å². The second kappa shape index (κ2) is 4.17. The Balaban J connectivity index is 1.86. The van der Waals surface area contributed by atoms with E-state index in [9.17, 15) is 9.18 Å². The number of nitrogens with one attached hydrogen (secondary N) is 1. The zero-order valence-electron chi connectivity index (χ0n) is 10.9. The number of halogens is 1. The van der Waals surface area contributed by atoms with Gasteiger partial charge in [0, 0.05) is 23.6 Å². The summed E-state index contributed by atoms with van der Waals surface area (Å²) >= 11 is 0. The summed E-state index contributed by atoms with van der Waals surface area (Å²) in [6, 6.07) is 13.2. The maximum absolute atomic E-state index is 13.7. The van der Waals surface area contributed by atoms with Crippen LogP contribution in [0.4, 0.5) is 10.1 Å². The second-order valence-electron chi connectivity index (χ2n) is 5.52. The van der Waals surface area contributed by atoms with Crippen LogP contribution < -0.4 is 5.32 Å². The Morgan fingerprint density at radius 3 is 2.75 bits per heavy atom. The zero-order valence-corrected chi connectivity index (χ0v) is 10.9. The van der Waals surface area contributed by atoms with Gasteiger partial charge in [0.1, 0.15) is 5.82 Å². The van der Waals surface area contributed by atoms with Crippen molar-refractivity contribution in [3.8, 4) is 0 Å². The fourth-order valence-corrected chi connectivity index (χ4v) is 3.51. The summed E-state index contributed by atoms with van der Waals surface area (Å²) < 4.78 is 13.7. The molecule has 0 aromatic heterocycles. The van der Waals surface area contributed by atoms with E-state index in [1.807, 2.05) is 18.2 Å². The highest BCUT2D eigenvalue weighted by Gasteiger charge is 2.39. The average molecular weight is 267 g/mol. The van der Waals surface area contributed by atoms with E-state index < -0.39 is 0 Å². The Morgan fingerprint density at radius 1 is 1.15 bits per heavy atom. The third kappa shape index (κ3) is 1.59. The highest BCUT2D eigenvalue weighted by molar-refractivity contribution is 6.01. The quantitative estimate of drug-likeness (QED) is 0.844. The molecule has 3 heteroatoms. The first kappa shape index (κ1) is 11.6. The highest BCUT2D eigenvalue weighted by Crippen LogP contribution is 2.50. The Morgan fingerprint density at radius 2 is 1.95 bits per heavy atom. The highest BCUT2D eigenvalue weighted by atomic mass is 19.1. The van der Waals surface area contributed by atoms with E-state index in [1.54, 1.807) is 0 Å². The van der Waals surface area contributed by atoms with Crippen LogP contribution in [-0.2, 0) is 0 Å². The van der Waals surface area contributed by atoms with Gasteiger partial charge >= 0.3 is 0 Å². The van der Waals surface area contributed by atoms with Crippen molar-refractivity contribution in [2.24, 2.45) is 0 Å². The molecule has 1 aliphatic carbocycles. The van der Waals surface area contributed by atoms with Crippen LogP contribution in [0.3, 0.4) is 0 Å². The van der Waals surface area contributed by atoms with E-state index >= 15 is 0 Å². The van der Waals surface area contributed by atoms with Crippen LogP contribution in [0.1, 0.15) is 46.3 Å². The van der Waals surface area contributed by atoms with E-state index in [4.69, 9.17) is 0 Å². The monoisotopic (exact) mass is 267 g/mol. The third-order valence-corrected chi connectivity index (χ3v) is 4.37. The predicted octanol–water partition coefficient (Wildman–Crippen LogP) is 4.05. The van der Waals surface area contributed by atoms with Gasteiger partial charge in [-0.15, -0.1) is 0 Å². The SMILES string of the molecule is O=C1CCC2c3c(cc(F)cc31)NC2c1ccccc1. The summed E-state index contributed by atoms with van der Waals surface area (Å²) in [5.41, 5.74) is 3.56. The molecule has 0 fully saturated rings. The number of hydrogen-bond donors (Lipinski definition) is 1. The number of ketones is 1. The van der Waals surface area contributed by atoms with Gasteiger partial charge in [-0.05, 0) is 29.7 Å². The van der Waals surface area contributed by atoms with Crippen LogP contribution in [0.25, 0.3) is 0 Å². The van der Waals surface area contributed by atoms with Crippen molar-refractivity contribution < 1.29 is 9.18 Å². The molecule has 2 aromatic rings. The van der Waals surface area contributed by atoms with Gasteiger partial charge < -0.3 is 5.32 Å². The number of anilines is 1.